The van der Waals surface area contributed by atoms with E-state index < -0.39 is 30.0 Å². The molecule has 0 radical (unpaired) electrons. The highest BCUT2D eigenvalue weighted by molar-refractivity contribution is 6.65. The van der Waals surface area contributed by atoms with Crippen molar-refractivity contribution in [3.8, 4) is 0 Å². The van der Waals surface area contributed by atoms with Crippen LogP contribution in [0.2, 0.25) is 5.02 Å². The number of benzene rings is 1. The van der Waals surface area contributed by atoms with Gasteiger partial charge in [-0.15, -0.1) is 0 Å². The first kappa shape index (κ1) is 23.9. The molecule has 0 aliphatic carbocycles. The predicted molar refractivity (Wildman–Crippen MR) is 121 cm³/mol. The number of likely N-dealkylation sites (tertiary alicyclic amines) is 1. The van der Waals surface area contributed by atoms with Crippen LogP contribution in [0, 0.1) is 0 Å². The summed E-state index contributed by atoms with van der Waals surface area (Å²) in [7, 11) is -0.648. The normalized spacial score (nSPS) is 22.5. The van der Waals surface area contributed by atoms with Crippen LogP contribution in [0.4, 0.5) is 4.79 Å². The minimum atomic E-state index is -0.648. The Hall–Kier alpha value is -1.77. The van der Waals surface area contributed by atoms with E-state index in [0.717, 1.165) is 0 Å². The molecule has 1 N–H and O–H groups in total. The fraction of sp³-hybridized carbons (Fsp3) is 0.636. The van der Waals surface area contributed by atoms with Gasteiger partial charge in [-0.1, -0.05) is 11.6 Å². The Bertz CT molecular complexity index is 852. The topological polar surface area (TPSA) is 77.1 Å². The number of halogens is 1. The van der Waals surface area contributed by atoms with E-state index in [0.29, 0.717) is 35.6 Å². The van der Waals surface area contributed by atoms with Gasteiger partial charge in [0, 0.05) is 29.1 Å². The average molecular weight is 451 g/mol. The van der Waals surface area contributed by atoms with Crippen molar-refractivity contribution in [2.75, 3.05) is 13.1 Å². The van der Waals surface area contributed by atoms with Crippen molar-refractivity contribution >= 4 is 36.2 Å². The van der Waals surface area contributed by atoms with Crippen LogP contribution in [-0.4, -0.2) is 60.0 Å². The molecular weight excluding hydrogens is 419 g/mol. The number of carbonyl (C=O) groups excluding carboxylic acids is 2. The molecule has 0 saturated carbocycles. The SMILES string of the molecule is CC(C)(C)OC(=O)NC1CCN(C(=O)c2ccc(Cl)c(B3OC(C)(C)C(C)(C)O3)c2)C1. The van der Waals surface area contributed by atoms with E-state index in [-0.39, 0.29) is 11.9 Å². The standard InChI is InChI=1S/C22H32BClN2O5/c1-20(2,3)29-19(28)25-15-10-11-26(13-15)18(27)14-8-9-17(24)16(12-14)23-30-21(4,5)22(6,7)31-23/h8-9,12,15H,10-11,13H2,1-7H3,(H,25,28). The molecule has 2 saturated heterocycles. The van der Waals surface area contributed by atoms with Gasteiger partial charge in [0.25, 0.3) is 5.91 Å². The molecular formula is C22H32BClN2O5. The van der Waals surface area contributed by atoms with Crippen LogP contribution in [0.15, 0.2) is 18.2 Å². The zero-order valence-corrected chi connectivity index (χ0v) is 20.1. The lowest BCUT2D eigenvalue weighted by Gasteiger charge is -2.32. The Morgan fingerprint density at radius 3 is 2.39 bits per heavy atom. The number of alkyl carbamates (subject to hydrolysis) is 1. The molecule has 7 nitrogen and oxygen atoms in total. The largest absolute Gasteiger partial charge is 0.496 e. The number of amides is 2. The summed E-state index contributed by atoms with van der Waals surface area (Å²) in [6.07, 6.45) is 0.198. The van der Waals surface area contributed by atoms with Crippen LogP contribution in [0.25, 0.3) is 0 Å². The third kappa shape index (κ3) is 5.36. The maximum absolute atomic E-state index is 13.1. The third-order valence-electron chi connectivity index (χ3n) is 5.95. The van der Waals surface area contributed by atoms with Crippen LogP contribution >= 0.6 is 11.6 Å². The maximum atomic E-state index is 13.1. The van der Waals surface area contributed by atoms with Gasteiger partial charge in [0.1, 0.15) is 5.60 Å². The highest BCUT2D eigenvalue weighted by atomic mass is 35.5. The third-order valence-corrected chi connectivity index (χ3v) is 6.29. The minimum Gasteiger partial charge on any atom is -0.444 e. The summed E-state index contributed by atoms with van der Waals surface area (Å²) in [4.78, 5) is 26.8. The van der Waals surface area contributed by atoms with Crippen LogP contribution in [0.3, 0.4) is 0 Å². The molecule has 9 heteroatoms. The maximum Gasteiger partial charge on any atom is 0.496 e. The molecule has 170 valence electrons. The van der Waals surface area contributed by atoms with Gasteiger partial charge in [-0.2, -0.15) is 0 Å². The van der Waals surface area contributed by atoms with Crippen molar-refractivity contribution in [3.05, 3.63) is 28.8 Å². The molecule has 1 aromatic rings. The van der Waals surface area contributed by atoms with E-state index in [1.165, 1.54) is 0 Å². The van der Waals surface area contributed by atoms with Crippen molar-refractivity contribution in [3.63, 3.8) is 0 Å². The first-order chi connectivity index (χ1) is 14.2. The summed E-state index contributed by atoms with van der Waals surface area (Å²) in [5, 5.41) is 3.33. The Labute approximate surface area is 189 Å². The predicted octanol–water partition coefficient (Wildman–Crippen LogP) is 3.38. The van der Waals surface area contributed by atoms with E-state index in [9.17, 15) is 9.59 Å². The minimum absolute atomic E-state index is 0.122. The van der Waals surface area contributed by atoms with Crippen molar-refractivity contribution in [1.29, 1.82) is 0 Å². The van der Waals surface area contributed by atoms with Gasteiger partial charge in [-0.3, -0.25) is 4.79 Å². The molecule has 0 spiro atoms. The van der Waals surface area contributed by atoms with Gasteiger partial charge in [0.05, 0.1) is 17.2 Å². The van der Waals surface area contributed by atoms with E-state index in [1.807, 2.05) is 48.5 Å². The summed E-state index contributed by atoms with van der Waals surface area (Å²) in [6.45, 7) is 14.3. The van der Waals surface area contributed by atoms with Crippen molar-refractivity contribution in [2.45, 2.75) is 77.7 Å². The first-order valence-corrected chi connectivity index (χ1v) is 11.0. The molecule has 2 fully saturated rings. The summed E-state index contributed by atoms with van der Waals surface area (Å²) >= 11 is 6.41. The molecule has 2 aliphatic heterocycles. The van der Waals surface area contributed by atoms with Gasteiger partial charge in [0.15, 0.2) is 0 Å². The molecule has 1 atom stereocenters. The molecule has 31 heavy (non-hydrogen) atoms. The van der Waals surface area contributed by atoms with E-state index >= 15 is 0 Å². The molecule has 1 unspecified atom stereocenters. The smallest absolute Gasteiger partial charge is 0.444 e. The lowest BCUT2D eigenvalue weighted by molar-refractivity contribution is 0.00578. The second kappa shape index (κ2) is 8.30. The molecule has 2 aliphatic rings. The zero-order chi connectivity index (χ0) is 23.2. The summed E-state index contributed by atoms with van der Waals surface area (Å²) in [5.41, 5.74) is -0.431. The average Bonchev–Trinajstić information content (AvgIpc) is 3.14. The highest BCUT2D eigenvalue weighted by Gasteiger charge is 2.52. The summed E-state index contributed by atoms with van der Waals surface area (Å²) in [5.74, 6) is -0.122. The van der Waals surface area contributed by atoms with Gasteiger partial charge < -0.3 is 24.3 Å². The van der Waals surface area contributed by atoms with Crippen LogP contribution in [-0.2, 0) is 14.0 Å². The Balaban J connectivity index is 1.68. The molecule has 0 aromatic heterocycles. The molecule has 3 rings (SSSR count). The number of hydrogen-bond acceptors (Lipinski definition) is 5. The van der Waals surface area contributed by atoms with Crippen LogP contribution in [0.5, 0.6) is 0 Å². The number of nitrogens with zero attached hydrogens (tertiary/aromatic N) is 1. The first-order valence-electron chi connectivity index (χ1n) is 10.6. The fourth-order valence-corrected chi connectivity index (χ4v) is 3.75. The molecule has 2 amide bonds. The van der Waals surface area contributed by atoms with Gasteiger partial charge in [0.2, 0.25) is 0 Å². The fourth-order valence-electron chi connectivity index (χ4n) is 3.55. The molecule has 1 aromatic carbocycles. The second-order valence-corrected chi connectivity index (χ2v) is 10.6. The number of carbonyl (C=O) groups is 2. The van der Waals surface area contributed by atoms with Gasteiger partial charge in [-0.25, -0.2) is 4.79 Å². The summed E-state index contributed by atoms with van der Waals surface area (Å²) in [6, 6.07) is 4.99. The van der Waals surface area contributed by atoms with Gasteiger partial charge in [-0.05, 0) is 73.1 Å². The molecule has 2 heterocycles. The van der Waals surface area contributed by atoms with E-state index in [2.05, 4.69) is 5.32 Å². The zero-order valence-electron chi connectivity index (χ0n) is 19.4. The Morgan fingerprint density at radius 1 is 1.19 bits per heavy atom. The van der Waals surface area contributed by atoms with Crippen LogP contribution in [0.1, 0.15) is 65.2 Å². The quantitative estimate of drug-likeness (QED) is 0.714. The highest BCUT2D eigenvalue weighted by Crippen LogP contribution is 2.37. The summed E-state index contributed by atoms with van der Waals surface area (Å²) < 4.78 is 17.5. The second-order valence-electron chi connectivity index (χ2n) is 10.2. The van der Waals surface area contributed by atoms with Gasteiger partial charge >= 0.3 is 13.2 Å². The number of nitrogens with one attached hydrogen (secondary N) is 1. The van der Waals surface area contributed by atoms with E-state index in [1.54, 1.807) is 23.1 Å². The van der Waals surface area contributed by atoms with Crippen LogP contribution < -0.4 is 10.8 Å². The number of ether oxygens (including phenoxy) is 1. The van der Waals surface area contributed by atoms with Crippen molar-refractivity contribution in [2.24, 2.45) is 0 Å². The lowest BCUT2D eigenvalue weighted by Crippen LogP contribution is -2.41. The number of hydrogen-bond donors (Lipinski definition) is 1. The lowest BCUT2D eigenvalue weighted by atomic mass is 9.78. The monoisotopic (exact) mass is 450 g/mol. The molecule has 0 bridgehead atoms. The Morgan fingerprint density at radius 2 is 1.81 bits per heavy atom. The van der Waals surface area contributed by atoms with E-state index in [4.69, 9.17) is 25.6 Å². The van der Waals surface area contributed by atoms with Crippen molar-refractivity contribution in [1.82, 2.24) is 10.2 Å². The van der Waals surface area contributed by atoms with Crippen molar-refractivity contribution < 1.29 is 23.6 Å². The number of rotatable bonds is 3. The Kier molecular flexibility index (Phi) is 6.40.